The first-order valence-electron chi connectivity index (χ1n) is 5.76. The Balaban J connectivity index is 2.05. The van der Waals surface area contributed by atoms with Crippen molar-refractivity contribution < 1.29 is 0 Å². The second-order valence-corrected chi connectivity index (χ2v) is 4.82. The van der Waals surface area contributed by atoms with Gasteiger partial charge in [0.2, 0.25) is 0 Å². The van der Waals surface area contributed by atoms with Crippen molar-refractivity contribution in [2.24, 2.45) is 0 Å². The van der Waals surface area contributed by atoms with Crippen LogP contribution in [0.3, 0.4) is 0 Å². The summed E-state index contributed by atoms with van der Waals surface area (Å²) in [7, 11) is 2.19. The lowest BCUT2D eigenvalue weighted by molar-refractivity contribution is 0.427. The SMILES string of the molecule is CN(c1ccc(Cl)cc1)C1CCCCC1. The Morgan fingerprint density at radius 2 is 1.67 bits per heavy atom. The summed E-state index contributed by atoms with van der Waals surface area (Å²) in [5.74, 6) is 0. The molecule has 0 amide bonds. The average Bonchev–Trinajstić information content (AvgIpc) is 2.30. The second-order valence-electron chi connectivity index (χ2n) is 4.38. The molecule has 0 spiro atoms. The molecule has 0 heterocycles. The molecule has 0 aromatic heterocycles. The molecule has 82 valence electrons. The zero-order chi connectivity index (χ0) is 10.7. The van der Waals surface area contributed by atoms with E-state index in [1.807, 2.05) is 12.1 Å². The van der Waals surface area contributed by atoms with E-state index in [-0.39, 0.29) is 0 Å². The van der Waals surface area contributed by atoms with E-state index in [0.29, 0.717) is 0 Å². The normalized spacial score (nSPS) is 17.7. The fourth-order valence-corrected chi connectivity index (χ4v) is 2.48. The van der Waals surface area contributed by atoms with E-state index in [9.17, 15) is 0 Å². The monoisotopic (exact) mass is 223 g/mol. The molecule has 0 atom stereocenters. The molecular formula is C13H18ClN. The molecule has 1 saturated carbocycles. The number of hydrogen-bond donors (Lipinski definition) is 0. The topological polar surface area (TPSA) is 3.24 Å². The molecule has 0 aliphatic heterocycles. The third-order valence-electron chi connectivity index (χ3n) is 3.36. The highest BCUT2D eigenvalue weighted by atomic mass is 35.5. The van der Waals surface area contributed by atoms with E-state index in [1.165, 1.54) is 37.8 Å². The van der Waals surface area contributed by atoms with Crippen LogP contribution in [0.25, 0.3) is 0 Å². The highest BCUT2D eigenvalue weighted by Gasteiger charge is 2.17. The Kier molecular flexibility index (Phi) is 3.53. The van der Waals surface area contributed by atoms with E-state index in [1.54, 1.807) is 0 Å². The summed E-state index contributed by atoms with van der Waals surface area (Å²) in [5, 5.41) is 0.816. The Morgan fingerprint density at radius 1 is 1.07 bits per heavy atom. The standard InChI is InChI=1S/C13H18ClN/c1-15(12-5-3-2-4-6-12)13-9-7-11(14)8-10-13/h7-10,12H,2-6H2,1H3. The van der Waals surface area contributed by atoms with Gasteiger partial charge in [0.1, 0.15) is 0 Å². The molecule has 1 nitrogen and oxygen atoms in total. The molecule has 0 radical (unpaired) electrons. The predicted molar refractivity (Wildman–Crippen MR) is 66.7 cm³/mol. The van der Waals surface area contributed by atoms with Gasteiger partial charge in [0.05, 0.1) is 0 Å². The van der Waals surface area contributed by atoms with Crippen molar-refractivity contribution in [1.82, 2.24) is 0 Å². The van der Waals surface area contributed by atoms with E-state index in [2.05, 4.69) is 24.1 Å². The van der Waals surface area contributed by atoms with E-state index in [4.69, 9.17) is 11.6 Å². The van der Waals surface area contributed by atoms with Gasteiger partial charge in [-0.3, -0.25) is 0 Å². The highest BCUT2D eigenvalue weighted by molar-refractivity contribution is 6.30. The number of anilines is 1. The van der Waals surface area contributed by atoms with E-state index in [0.717, 1.165) is 11.1 Å². The molecular weight excluding hydrogens is 206 g/mol. The lowest BCUT2D eigenvalue weighted by atomic mass is 9.94. The fourth-order valence-electron chi connectivity index (χ4n) is 2.36. The summed E-state index contributed by atoms with van der Waals surface area (Å²) in [6.45, 7) is 0. The summed E-state index contributed by atoms with van der Waals surface area (Å²) in [6.07, 6.45) is 6.83. The van der Waals surface area contributed by atoms with Gasteiger partial charge in [-0.15, -0.1) is 0 Å². The Hall–Kier alpha value is -0.690. The van der Waals surface area contributed by atoms with Crippen molar-refractivity contribution in [3.63, 3.8) is 0 Å². The third kappa shape index (κ3) is 2.66. The summed E-state index contributed by atoms with van der Waals surface area (Å²) in [4.78, 5) is 2.40. The maximum atomic E-state index is 5.88. The third-order valence-corrected chi connectivity index (χ3v) is 3.61. The molecule has 1 aromatic carbocycles. The summed E-state index contributed by atoms with van der Waals surface area (Å²) >= 11 is 5.88. The van der Waals surface area contributed by atoms with Gasteiger partial charge in [0.25, 0.3) is 0 Å². The molecule has 0 unspecified atom stereocenters. The van der Waals surface area contributed by atoms with Gasteiger partial charge in [0.15, 0.2) is 0 Å². The summed E-state index contributed by atoms with van der Waals surface area (Å²) < 4.78 is 0. The lowest BCUT2D eigenvalue weighted by Crippen LogP contribution is -2.33. The molecule has 1 aromatic rings. The van der Waals surface area contributed by atoms with Crippen LogP contribution >= 0.6 is 11.6 Å². The molecule has 2 rings (SSSR count). The molecule has 2 heteroatoms. The molecule has 0 saturated heterocycles. The van der Waals surface area contributed by atoms with Crippen molar-refractivity contribution >= 4 is 17.3 Å². The number of benzene rings is 1. The largest absolute Gasteiger partial charge is 0.372 e. The van der Waals surface area contributed by atoms with Gasteiger partial charge in [-0.2, -0.15) is 0 Å². The van der Waals surface area contributed by atoms with Gasteiger partial charge in [0, 0.05) is 23.8 Å². The first kappa shape index (κ1) is 10.8. The van der Waals surface area contributed by atoms with Crippen molar-refractivity contribution in [3.8, 4) is 0 Å². The van der Waals surface area contributed by atoms with Crippen LogP contribution < -0.4 is 4.90 Å². The average molecular weight is 224 g/mol. The van der Waals surface area contributed by atoms with Gasteiger partial charge >= 0.3 is 0 Å². The number of halogens is 1. The predicted octanol–water partition coefficient (Wildman–Crippen LogP) is 4.11. The molecule has 15 heavy (non-hydrogen) atoms. The van der Waals surface area contributed by atoms with Crippen LogP contribution in [0.4, 0.5) is 5.69 Å². The van der Waals surface area contributed by atoms with Crippen LogP contribution in [-0.4, -0.2) is 13.1 Å². The molecule has 1 fully saturated rings. The van der Waals surface area contributed by atoms with Crippen LogP contribution in [0, 0.1) is 0 Å². The number of rotatable bonds is 2. The molecule has 1 aliphatic rings. The Bertz CT molecular complexity index is 301. The quantitative estimate of drug-likeness (QED) is 0.730. The van der Waals surface area contributed by atoms with Crippen LogP contribution in [0.15, 0.2) is 24.3 Å². The van der Waals surface area contributed by atoms with Crippen molar-refractivity contribution in [2.75, 3.05) is 11.9 Å². The zero-order valence-corrected chi connectivity index (χ0v) is 10.0. The first-order chi connectivity index (χ1) is 7.27. The summed E-state index contributed by atoms with van der Waals surface area (Å²) in [5.41, 5.74) is 1.28. The molecule has 1 aliphatic carbocycles. The van der Waals surface area contributed by atoms with Crippen molar-refractivity contribution in [3.05, 3.63) is 29.3 Å². The van der Waals surface area contributed by atoms with Crippen LogP contribution in [0.2, 0.25) is 5.02 Å². The van der Waals surface area contributed by atoms with E-state index < -0.39 is 0 Å². The second kappa shape index (κ2) is 4.89. The lowest BCUT2D eigenvalue weighted by Gasteiger charge is -2.33. The van der Waals surface area contributed by atoms with Crippen LogP contribution in [0.5, 0.6) is 0 Å². The van der Waals surface area contributed by atoms with Gasteiger partial charge in [-0.05, 0) is 37.1 Å². The van der Waals surface area contributed by atoms with Crippen LogP contribution in [0.1, 0.15) is 32.1 Å². The van der Waals surface area contributed by atoms with Crippen molar-refractivity contribution in [2.45, 2.75) is 38.1 Å². The number of nitrogens with zero attached hydrogens (tertiary/aromatic N) is 1. The number of hydrogen-bond acceptors (Lipinski definition) is 1. The minimum Gasteiger partial charge on any atom is -0.372 e. The fraction of sp³-hybridized carbons (Fsp3) is 0.538. The summed E-state index contributed by atoms with van der Waals surface area (Å²) in [6, 6.07) is 8.88. The first-order valence-corrected chi connectivity index (χ1v) is 6.13. The highest BCUT2D eigenvalue weighted by Crippen LogP contribution is 2.26. The molecule has 0 N–H and O–H groups in total. The van der Waals surface area contributed by atoms with Gasteiger partial charge in [-0.25, -0.2) is 0 Å². The maximum absolute atomic E-state index is 5.88. The maximum Gasteiger partial charge on any atom is 0.0407 e. The van der Waals surface area contributed by atoms with Crippen LogP contribution in [-0.2, 0) is 0 Å². The zero-order valence-electron chi connectivity index (χ0n) is 9.25. The van der Waals surface area contributed by atoms with E-state index >= 15 is 0 Å². The minimum atomic E-state index is 0.722. The van der Waals surface area contributed by atoms with Gasteiger partial charge in [-0.1, -0.05) is 30.9 Å². The van der Waals surface area contributed by atoms with Crippen molar-refractivity contribution in [1.29, 1.82) is 0 Å². The minimum absolute atomic E-state index is 0.722. The van der Waals surface area contributed by atoms with Gasteiger partial charge < -0.3 is 4.90 Å². The molecule has 0 bridgehead atoms. The smallest absolute Gasteiger partial charge is 0.0407 e. The Labute approximate surface area is 97.0 Å². The Morgan fingerprint density at radius 3 is 2.27 bits per heavy atom.